The van der Waals surface area contributed by atoms with Gasteiger partial charge < -0.3 is 0 Å². The van der Waals surface area contributed by atoms with Crippen molar-refractivity contribution in [3.63, 3.8) is 0 Å². The molecule has 1 aromatic carbocycles. The molecule has 0 amide bonds. The van der Waals surface area contributed by atoms with E-state index >= 15 is 0 Å². The summed E-state index contributed by atoms with van der Waals surface area (Å²) in [6.07, 6.45) is 1.01. The fourth-order valence-electron chi connectivity index (χ4n) is 1.32. The highest BCUT2D eigenvalue weighted by atomic mass is 35.5. The van der Waals surface area contributed by atoms with E-state index in [4.69, 9.17) is 11.6 Å². The van der Waals surface area contributed by atoms with Crippen molar-refractivity contribution in [3.05, 3.63) is 47.4 Å². The van der Waals surface area contributed by atoms with Gasteiger partial charge >= 0.3 is 0 Å². The molecule has 0 atom stereocenters. The van der Waals surface area contributed by atoms with E-state index in [0.717, 1.165) is 30.6 Å². The van der Waals surface area contributed by atoms with Gasteiger partial charge in [0.25, 0.3) is 10.0 Å². The lowest BCUT2D eigenvalue weighted by Gasteiger charge is -2.08. The number of nitrogens with one attached hydrogen (secondary N) is 1. The third-order valence-electron chi connectivity index (χ3n) is 2.06. The smallest absolute Gasteiger partial charge is 0.263 e. The first-order chi connectivity index (χ1) is 8.90. The Morgan fingerprint density at radius 1 is 1.16 bits per heavy atom. The van der Waals surface area contributed by atoms with Gasteiger partial charge in [0.15, 0.2) is 4.90 Å². The predicted molar refractivity (Wildman–Crippen MR) is 64.2 cm³/mol. The summed E-state index contributed by atoms with van der Waals surface area (Å²) in [5.41, 5.74) is 0. The number of benzene rings is 1. The molecule has 0 bridgehead atoms. The van der Waals surface area contributed by atoms with Crippen LogP contribution in [0, 0.1) is 11.6 Å². The van der Waals surface area contributed by atoms with E-state index in [2.05, 4.69) is 9.97 Å². The SMILES string of the molecule is O=S(=O)(Nc1cc(Cl)ncn1)c1c(F)cccc1F. The molecule has 0 radical (unpaired) electrons. The van der Waals surface area contributed by atoms with Crippen LogP contribution in [-0.2, 0) is 10.0 Å². The Morgan fingerprint density at radius 2 is 1.79 bits per heavy atom. The minimum atomic E-state index is -4.44. The summed E-state index contributed by atoms with van der Waals surface area (Å²) in [7, 11) is -4.44. The zero-order valence-corrected chi connectivity index (χ0v) is 10.7. The Labute approximate surface area is 112 Å². The summed E-state index contributed by atoms with van der Waals surface area (Å²) in [5.74, 6) is -2.59. The average molecular weight is 306 g/mol. The van der Waals surface area contributed by atoms with Crippen molar-refractivity contribution in [1.29, 1.82) is 0 Å². The number of hydrogen-bond donors (Lipinski definition) is 1. The van der Waals surface area contributed by atoms with E-state index in [1.165, 1.54) is 0 Å². The van der Waals surface area contributed by atoms with E-state index in [1.807, 2.05) is 4.72 Å². The van der Waals surface area contributed by atoms with Crippen molar-refractivity contribution >= 4 is 27.4 Å². The maximum absolute atomic E-state index is 13.4. The first-order valence-electron chi connectivity index (χ1n) is 4.84. The second-order valence-corrected chi connectivity index (χ2v) is 5.39. The van der Waals surface area contributed by atoms with E-state index in [9.17, 15) is 17.2 Å². The Balaban J connectivity index is 2.44. The molecule has 0 fully saturated rings. The monoisotopic (exact) mass is 305 g/mol. The molecule has 2 rings (SSSR count). The first-order valence-corrected chi connectivity index (χ1v) is 6.70. The van der Waals surface area contributed by atoms with Gasteiger partial charge in [0.1, 0.15) is 28.9 Å². The average Bonchev–Trinajstić information content (AvgIpc) is 2.27. The van der Waals surface area contributed by atoms with Gasteiger partial charge in [-0.3, -0.25) is 4.72 Å². The molecule has 1 aromatic heterocycles. The summed E-state index contributed by atoms with van der Waals surface area (Å²) < 4.78 is 52.5. The van der Waals surface area contributed by atoms with Crippen LogP contribution in [0.1, 0.15) is 0 Å². The van der Waals surface area contributed by atoms with Gasteiger partial charge in [-0.25, -0.2) is 27.2 Å². The molecule has 100 valence electrons. The van der Waals surface area contributed by atoms with Crippen LogP contribution in [0.4, 0.5) is 14.6 Å². The molecule has 0 aliphatic carbocycles. The van der Waals surface area contributed by atoms with Gasteiger partial charge in [0.2, 0.25) is 0 Å². The second-order valence-electron chi connectivity index (χ2n) is 3.38. The van der Waals surface area contributed by atoms with E-state index in [-0.39, 0.29) is 11.0 Å². The standard InChI is InChI=1S/C10H6ClF2N3O2S/c11-8-4-9(15-5-14-8)16-19(17,18)10-6(12)2-1-3-7(10)13/h1-5H,(H,14,15,16). The van der Waals surface area contributed by atoms with Crippen LogP contribution in [0.25, 0.3) is 0 Å². The fourth-order valence-corrected chi connectivity index (χ4v) is 2.60. The van der Waals surface area contributed by atoms with Crippen LogP contribution in [0.5, 0.6) is 0 Å². The van der Waals surface area contributed by atoms with Crippen molar-refractivity contribution in [2.45, 2.75) is 4.90 Å². The lowest BCUT2D eigenvalue weighted by Crippen LogP contribution is -2.17. The van der Waals surface area contributed by atoms with Gasteiger partial charge in [-0.15, -0.1) is 0 Å². The molecule has 0 saturated carbocycles. The summed E-state index contributed by atoms with van der Waals surface area (Å²) in [4.78, 5) is 6.05. The molecule has 5 nitrogen and oxygen atoms in total. The van der Waals surface area contributed by atoms with E-state index in [1.54, 1.807) is 0 Å². The highest BCUT2D eigenvalue weighted by Gasteiger charge is 2.24. The third-order valence-corrected chi connectivity index (χ3v) is 3.67. The van der Waals surface area contributed by atoms with Crippen LogP contribution < -0.4 is 4.72 Å². The number of rotatable bonds is 3. The highest BCUT2D eigenvalue weighted by molar-refractivity contribution is 7.92. The maximum Gasteiger partial charge on any atom is 0.268 e. The Bertz CT molecular complexity index is 704. The van der Waals surface area contributed by atoms with Gasteiger partial charge in [0, 0.05) is 6.07 Å². The predicted octanol–water partition coefficient (Wildman–Crippen LogP) is 2.21. The first kappa shape index (κ1) is 13.6. The molecule has 0 aliphatic rings. The molecule has 0 aliphatic heterocycles. The lowest BCUT2D eigenvalue weighted by atomic mass is 10.3. The minimum Gasteiger partial charge on any atom is -0.263 e. The van der Waals surface area contributed by atoms with Crippen molar-refractivity contribution in [2.75, 3.05) is 4.72 Å². The molecular formula is C10H6ClF2N3O2S. The normalized spacial score (nSPS) is 11.3. The van der Waals surface area contributed by atoms with Crippen molar-refractivity contribution in [2.24, 2.45) is 0 Å². The zero-order chi connectivity index (χ0) is 14.0. The Morgan fingerprint density at radius 3 is 2.37 bits per heavy atom. The van der Waals surface area contributed by atoms with Crippen LogP contribution in [0.15, 0.2) is 35.5 Å². The van der Waals surface area contributed by atoms with E-state index in [0.29, 0.717) is 0 Å². The number of hydrogen-bond acceptors (Lipinski definition) is 4. The largest absolute Gasteiger partial charge is 0.268 e. The molecule has 2 aromatic rings. The van der Waals surface area contributed by atoms with Gasteiger partial charge in [-0.1, -0.05) is 17.7 Å². The summed E-state index contributed by atoms with van der Waals surface area (Å²) >= 11 is 5.55. The molecule has 1 heterocycles. The summed E-state index contributed by atoms with van der Waals surface area (Å²) in [6, 6.07) is 3.85. The summed E-state index contributed by atoms with van der Waals surface area (Å²) in [5, 5.41) is -0.0123. The van der Waals surface area contributed by atoms with Crippen molar-refractivity contribution in [1.82, 2.24) is 9.97 Å². The Hall–Kier alpha value is -1.80. The van der Waals surface area contributed by atoms with Crippen molar-refractivity contribution in [3.8, 4) is 0 Å². The minimum absolute atomic E-state index is 0.0123. The maximum atomic E-state index is 13.4. The lowest BCUT2D eigenvalue weighted by molar-refractivity contribution is 0.521. The molecular weight excluding hydrogens is 300 g/mol. The fraction of sp³-hybridized carbons (Fsp3) is 0. The molecule has 19 heavy (non-hydrogen) atoms. The van der Waals surface area contributed by atoms with Gasteiger partial charge in [0.05, 0.1) is 0 Å². The van der Waals surface area contributed by atoms with Gasteiger partial charge in [-0.05, 0) is 12.1 Å². The number of nitrogens with zero attached hydrogens (tertiary/aromatic N) is 2. The molecule has 0 saturated heterocycles. The van der Waals surface area contributed by atoms with Crippen LogP contribution >= 0.6 is 11.6 Å². The number of sulfonamides is 1. The van der Waals surface area contributed by atoms with E-state index < -0.39 is 26.6 Å². The number of anilines is 1. The third kappa shape index (κ3) is 2.96. The highest BCUT2D eigenvalue weighted by Crippen LogP contribution is 2.21. The topological polar surface area (TPSA) is 72.0 Å². The Kier molecular flexibility index (Phi) is 3.63. The van der Waals surface area contributed by atoms with Crippen LogP contribution in [0.2, 0.25) is 5.15 Å². The van der Waals surface area contributed by atoms with Crippen LogP contribution in [0.3, 0.4) is 0 Å². The summed E-state index contributed by atoms with van der Waals surface area (Å²) in [6.45, 7) is 0. The molecule has 1 N–H and O–H groups in total. The molecule has 0 unspecified atom stereocenters. The second kappa shape index (κ2) is 5.06. The number of halogens is 3. The quantitative estimate of drug-likeness (QED) is 0.883. The van der Waals surface area contributed by atoms with Crippen molar-refractivity contribution < 1.29 is 17.2 Å². The molecule has 9 heteroatoms. The zero-order valence-electron chi connectivity index (χ0n) is 9.14. The number of aromatic nitrogens is 2. The van der Waals surface area contributed by atoms with Gasteiger partial charge in [-0.2, -0.15) is 0 Å². The molecule has 0 spiro atoms. The van der Waals surface area contributed by atoms with Crippen LogP contribution in [-0.4, -0.2) is 18.4 Å².